The quantitative estimate of drug-likeness (QED) is 0.879. The van der Waals surface area contributed by atoms with Crippen LogP contribution in [0.2, 0.25) is 0 Å². The third-order valence-corrected chi connectivity index (χ3v) is 3.14. The first-order valence-electron chi connectivity index (χ1n) is 6.76. The molecule has 0 radical (unpaired) electrons. The number of hydrogen-bond donors (Lipinski definition) is 1. The number of carbonyl (C=O) groups is 2. The van der Waals surface area contributed by atoms with Gasteiger partial charge < -0.3 is 14.6 Å². The van der Waals surface area contributed by atoms with E-state index in [1.807, 2.05) is 18.2 Å². The normalized spacial score (nSPS) is 10.1. The van der Waals surface area contributed by atoms with Gasteiger partial charge in [0, 0.05) is 25.6 Å². The second-order valence-corrected chi connectivity index (χ2v) is 4.69. The van der Waals surface area contributed by atoms with Crippen molar-refractivity contribution in [1.82, 2.24) is 10.2 Å². The molecule has 0 spiro atoms. The predicted molar refractivity (Wildman–Crippen MR) is 78.8 cm³/mol. The number of likely N-dealkylation sites (N-methyl/N-ethyl adjacent to an activating group) is 1. The van der Waals surface area contributed by atoms with Gasteiger partial charge in [-0.1, -0.05) is 18.2 Å². The van der Waals surface area contributed by atoms with E-state index in [1.54, 1.807) is 42.5 Å². The fourth-order valence-electron chi connectivity index (χ4n) is 1.84. The Morgan fingerprint density at radius 2 is 1.90 bits per heavy atom. The van der Waals surface area contributed by atoms with Crippen LogP contribution < -0.4 is 5.32 Å². The Hall–Kier alpha value is -2.56. The average molecular weight is 286 g/mol. The summed E-state index contributed by atoms with van der Waals surface area (Å²) in [5, 5.41) is 2.62. The number of nitrogens with zero attached hydrogens (tertiary/aromatic N) is 1. The summed E-state index contributed by atoms with van der Waals surface area (Å²) in [4.78, 5) is 25.3. The van der Waals surface area contributed by atoms with Gasteiger partial charge in [0.1, 0.15) is 5.76 Å². The third kappa shape index (κ3) is 4.49. The molecule has 1 aromatic heterocycles. The molecule has 2 aromatic rings. The molecular weight excluding hydrogens is 268 g/mol. The molecule has 0 saturated heterocycles. The lowest BCUT2D eigenvalue weighted by molar-refractivity contribution is -0.128. The van der Waals surface area contributed by atoms with Gasteiger partial charge in [0.2, 0.25) is 5.91 Å². The van der Waals surface area contributed by atoms with Crippen LogP contribution in [0.5, 0.6) is 0 Å². The van der Waals surface area contributed by atoms with Crippen LogP contribution in [0.1, 0.15) is 16.1 Å². The van der Waals surface area contributed by atoms with E-state index in [-0.39, 0.29) is 18.4 Å². The van der Waals surface area contributed by atoms with E-state index in [9.17, 15) is 9.59 Å². The van der Waals surface area contributed by atoms with E-state index in [4.69, 9.17) is 4.42 Å². The lowest BCUT2D eigenvalue weighted by Crippen LogP contribution is -2.38. The highest BCUT2D eigenvalue weighted by Gasteiger charge is 2.11. The summed E-state index contributed by atoms with van der Waals surface area (Å²) in [6, 6.07) is 12.5. The molecule has 0 saturated carbocycles. The van der Waals surface area contributed by atoms with Crippen LogP contribution in [0.15, 0.2) is 53.1 Å². The SMILES string of the molecule is CN(CCc1ccco1)C(=O)CNC(=O)c1ccccc1. The molecule has 5 nitrogen and oxygen atoms in total. The summed E-state index contributed by atoms with van der Waals surface area (Å²) < 4.78 is 5.21. The lowest BCUT2D eigenvalue weighted by atomic mass is 10.2. The van der Waals surface area contributed by atoms with Gasteiger partial charge >= 0.3 is 0 Å². The van der Waals surface area contributed by atoms with Crippen LogP contribution in [0.4, 0.5) is 0 Å². The van der Waals surface area contributed by atoms with Crippen molar-refractivity contribution < 1.29 is 14.0 Å². The van der Waals surface area contributed by atoms with Crippen molar-refractivity contribution in [2.24, 2.45) is 0 Å². The smallest absolute Gasteiger partial charge is 0.251 e. The molecule has 110 valence electrons. The monoisotopic (exact) mass is 286 g/mol. The molecule has 0 aliphatic heterocycles. The number of rotatable bonds is 6. The molecule has 0 fully saturated rings. The van der Waals surface area contributed by atoms with Gasteiger partial charge in [-0.3, -0.25) is 9.59 Å². The van der Waals surface area contributed by atoms with E-state index >= 15 is 0 Å². The van der Waals surface area contributed by atoms with Gasteiger partial charge in [-0.15, -0.1) is 0 Å². The molecule has 0 unspecified atom stereocenters. The van der Waals surface area contributed by atoms with Gasteiger partial charge in [0.25, 0.3) is 5.91 Å². The summed E-state index contributed by atoms with van der Waals surface area (Å²) >= 11 is 0. The highest BCUT2D eigenvalue weighted by Crippen LogP contribution is 2.02. The summed E-state index contributed by atoms with van der Waals surface area (Å²) in [5.41, 5.74) is 0.545. The summed E-state index contributed by atoms with van der Waals surface area (Å²) in [7, 11) is 1.71. The highest BCUT2D eigenvalue weighted by molar-refractivity contribution is 5.96. The van der Waals surface area contributed by atoms with Gasteiger partial charge in [0.15, 0.2) is 0 Å². The van der Waals surface area contributed by atoms with Crippen molar-refractivity contribution in [1.29, 1.82) is 0 Å². The van der Waals surface area contributed by atoms with Gasteiger partial charge in [-0.25, -0.2) is 0 Å². The number of nitrogens with one attached hydrogen (secondary N) is 1. The van der Waals surface area contributed by atoms with Gasteiger partial charge in [-0.05, 0) is 24.3 Å². The van der Waals surface area contributed by atoms with E-state index < -0.39 is 0 Å². The second kappa shape index (κ2) is 7.28. The first-order chi connectivity index (χ1) is 10.2. The molecule has 1 aromatic carbocycles. The van der Waals surface area contributed by atoms with Crippen LogP contribution in [-0.2, 0) is 11.2 Å². The summed E-state index contributed by atoms with van der Waals surface area (Å²) in [5.74, 6) is 0.456. The molecule has 1 heterocycles. The Morgan fingerprint density at radius 3 is 2.57 bits per heavy atom. The van der Waals surface area contributed by atoms with Crippen molar-refractivity contribution in [3.8, 4) is 0 Å². The molecule has 5 heteroatoms. The van der Waals surface area contributed by atoms with Gasteiger partial charge in [0.05, 0.1) is 12.8 Å². The fourth-order valence-corrected chi connectivity index (χ4v) is 1.84. The Labute approximate surface area is 123 Å². The number of carbonyl (C=O) groups excluding carboxylic acids is 2. The van der Waals surface area contributed by atoms with E-state index in [1.165, 1.54) is 0 Å². The molecule has 0 bridgehead atoms. The topological polar surface area (TPSA) is 62.6 Å². The fraction of sp³-hybridized carbons (Fsp3) is 0.250. The maximum atomic E-state index is 11.9. The number of amides is 2. The van der Waals surface area contributed by atoms with Crippen LogP contribution in [0.25, 0.3) is 0 Å². The maximum absolute atomic E-state index is 11.9. The van der Waals surface area contributed by atoms with Crippen LogP contribution in [0.3, 0.4) is 0 Å². The number of furan rings is 1. The van der Waals surface area contributed by atoms with Crippen LogP contribution >= 0.6 is 0 Å². The Balaban J connectivity index is 1.74. The zero-order chi connectivity index (χ0) is 15.1. The highest BCUT2D eigenvalue weighted by atomic mass is 16.3. The first-order valence-corrected chi connectivity index (χ1v) is 6.76. The van der Waals surface area contributed by atoms with Crippen molar-refractivity contribution in [2.75, 3.05) is 20.1 Å². The van der Waals surface area contributed by atoms with Crippen molar-refractivity contribution >= 4 is 11.8 Å². The van der Waals surface area contributed by atoms with Crippen molar-refractivity contribution in [3.05, 3.63) is 60.1 Å². The van der Waals surface area contributed by atoms with Crippen molar-refractivity contribution in [2.45, 2.75) is 6.42 Å². The molecule has 0 aliphatic carbocycles. The molecule has 0 aliphatic rings. The minimum atomic E-state index is -0.247. The third-order valence-electron chi connectivity index (χ3n) is 3.14. The molecule has 2 rings (SSSR count). The van der Waals surface area contributed by atoms with E-state index in [0.29, 0.717) is 18.5 Å². The zero-order valence-corrected chi connectivity index (χ0v) is 11.9. The molecule has 2 amide bonds. The van der Waals surface area contributed by atoms with E-state index in [0.717, 1.165) is 5.76 Å². The summed E-state index contributed by atoms with van der Waals surface area (Å²) in [6.45, 7) is 0.538. The molecule has 0 atom stereocenters. The first kappa shape index (κ1) is 14.8. The average Bonchev–Trinajstić information content (AvgIpc) is 3.04. The molecule has 21 heavy (non-hydrogen) atoms. The summed E-state index contributed by atoms with van der Waals surface area (Å²) in [6.07, 6.45) is 2.26. The Bertz CT molecular complexity index is 579. The lowest BCUT2D eigenvalue weighted by Gasteiger charge is -2.16. The Morgan fingerprint density at radius 1 is 1.14 bits per heavy atom. The standard InChI is InChI=1S/C16H18N2O3/c1-18(10-9-14-8-5-11-21-14)15(19)12-17-16(20)13-6-3-2-4-7-13/h2-8,11H,9-10,12H2,1H3,(H,17,20). The minimum Gasteiger partial charge on any atom is -0.469 e. The van der Waals surface area contributed by atoms with Crippen molar-refractivity contribution in [3.63, 3.8) is 0 Å². The van der Waals surface area contributed by atoms with Gasteiger partial charge in [-0.2, -0.15) is 0 Å². The van der Waals surface area contributed by atoms with E-state index in [2.05, 4.69) is 5.32 Å². The van der Waals surface area contributed by atoms with Crippen LogP contribution in [-0.4, -0.2) is 36.9 Å². The number of hydrogen-bond acceptors (Lipinski definition) is 3. The molecular formula is C16H18N2O3. The van der Waals surface area contributed by atoms with Crippen LogP contribution in [0, 0.1) is 0 Å². The Kier molecular flexibility index (Phi) is 5.15. The number of benzene rings is 1. The zero-order valence-electron chi connectivity index (χ0n) is 11.9. The predicted octanol–water partition coefficient (Wildman–Crippen LogP) is 1.71. The maximum Gasteiger partial charge on any atom is 0.251 e. The molecule has 1 N–H and O–H groups in total. The largest absolute Gasteiger partial charge is 0.469 e. The minimum absolute atomic E-state index is 0.0115. The second-order valence-electron chi connectivity index (χ2n) is 4.69.